The summed E-state index contributed by atoms with van der Waals surface area (Å²) in [6.07, 6.45) is 9.49. The van der Waals surface area contributed by atoms with Gasteiger partial charge in [-0.25, -0.2) is 4.39 Å². The van der Waals surface area contributed by atoms with E-state index < -0.39 is 6.17 Å². The standard InChI is InChI=1S/C32H46FNO3S/c1-32-20-28(33)31-26-11-10-24(35)19-23(26)18-22(30(31)27(32)12-13-29(32)36)8-4-3-5-14-34(2)15-7-17-38-21-25-9-6-16-37-25/h6,9-11,16,19,22,27-31,35-36H,3-5,7-8,12-15,17-18,20-21H2,1-2H3/t22-,27+,28+,29+,30+,31+,32+/m1/s1. The number of alkyl halides is 1. The Balaban J connectivity index is 1.11. The number of nitrogens with zero attached hydrogens (tertiary/aromatic N) is 1. The molecule has 3 aliphatic rings. The predicted octanol–water partition coefficient (Wildman–Crippen LogP) is 7.19. The molecule has 0 radical (unpaired) electrons. The van der Waals surface area contributed by atoms with Crippen molar-refractivity contribution in [2.24, 2.45) is 23.2 Å². The summed E-state index contributed by atoms with van der Waals surface area (Å²) in [5.41, 5.74) is 1.96. The number of fused-ring (bicyclic) bond motifs is 5. The predicted molar refractivity (Wildman–Crippen MR) is 153 cm³/mol. The molecule has 6 heteroatoms. The molecule has 38 heavy (non-hydrogen) atoms. The van der Waals surface area contributed by atoms with Crippen molar-refractivity contribution in [2.45, 2.75) is 88.7 Å². The van der Waals surface area contributed by atoms with Crippen LogP contribution >= 0.6 is 11.8 Å². The van der Waals surface area contributed by atoms with E-state index in [1.165, 1.54) is 19.3 Å². The van der Waals surface area contributed by atoms with Crippen LogP contribution in [-0.2, 0) is 12.2 Å². The molecule has 1 aromatic carbocycles. The molecule has 0 unspecified atom stereocenters. The molecular weight excluding hydrogens is 497 g/mol. The fraction of sp³-hybridized carbons (Fsp3) is 0.688. The summed E-state index contributed by atoms with van der Waals surface area (Å²) in [4.78, 5) is 2.45. The van der Waals surface area contributed by atoms with Gasteiger partial charge in [-0.05, 0) is 129 Å². The maximum Gasteiger partial charge on any atom is 0.115 e. The molecular formula is C32H46FNO3S. The maximum absolute atomic E-state index is 15.9. The van der Waals surface area contributed by atoms with Crippen LogP contribution in [0.3, 0.4) is 0 Å². The lowest BCUT2D eigenvalue weighted by Gasteiger charge is -2.54. The van der Waals surface area contributed by atoms with Gasteiger partial charge in [0.1, 0.15) is 17.7 Å². The number of phenolic OH excluding ortho intramolecular Hbond substituents is 1. The molecule has 0 saturated heterocycles. The Bertz CT molecular complexity index is 1030. The fourth-order valence-electron chi connectivity index (χ4n) is 8.11. The van der Waals surface area contributed by atoms with Gasteiger partial charge in [0.2, 0.25) is 0 Å². The first-order chi connectivity index (χ1) is 18.4. The van der Waals surface area contributed by atoms with Gasteiger partial charge in [0, 0.05) is 5.92 Å². The summed E-state index contributed by atoms with van der Waals surface area (Å²) < 4.78 is 21.3. The lowest BCUT2D eigenvalue weighted by atomic mass is 9.51. The van der Waals surface area contributed by atoms with Crippen LogP contribution in [0.5, 0.6) is 5.75 Å². The molecule has 5 rings (SSSR count). The zero-order valence-electron chi connectivity index (χ0n) is 23.2. The highest BCUT2D eigenvalue weighted by atomic mass is 32.2. The van der Waals surface area contributed by atoms with Gasteiger partial charge in [0.25, 0.3) is 0 Å². The number of phenols is 1. The lowest BCUT2D eigenvalue weighted by molar-refractivity contribution is -0.0722. The van der Waals surface area contributed by atoms with Crippen LogP contribution in [0, 0.1) is 23.2 Å². The molecule has 1 aromatic heterocycles. The summed E-state index contributed by atoms with van der Waals surface area (Å²) in [5, 5.41) is 21.0. The van der Waals surface area contributed by atoms with Crippen molar-refractivity contribution in [3.05, 3.63) is 53.5 Å². The number of furan rings is 1. The first-order valence-corrected chi connectivity index (χ1v) is 15.9. The third-order valence-corrected chi connectivity index (χ3v) is 11.1. The van der Waals surface area contributed by atoms with Crippen molar-refractivity contribution in [1.82, 2.24) is 4.90 Å². The third kappa shape index (κ3) is 5.97. The monoisotopic (exact) mass is 543 g/mol. The van der Waals surface area contributed by atoms with Crippen LogP contribution in [0.2, 0.25) is 0 Å². The van der Waals surface area contributed by atoms with E-state index in [9.17, 15) is 10.2 Å². The summed E-state index contributed by atoms with van der Waals surface area (Å²) in [7, 11) is 2.22. The Labute approximate surface area is 232 Å². The summed E-state index contributed by atoms with van der Waals surface area (Å²) in [6, 6.07) is 9.57. The van der Waals surface area contributed by atoms with Crippen molar-refractivity contribution in [2.75, 3.05) is 25.9 Å². The molecule has 2 aromatic rings. The van der Waals surface area contributed by atoms with E-state index in [4.69, 9.17) is 4.42 Å². The van der Waals surface area contributed by atoms with Crippen molar-refractivity contribution < 1.29 is 19.0 Å². The SMILES string of the molecule is CN(CCCCC[C@@H]1Cc2cc(O)ccc2[C@@H]2[C@@H]1[C@@H]1CC[C@H](O)[C@@]1(C)C[C@@H]2F)CCCSCc1ccco1. The summed E-state index contributed by atoms with van der Waals surface area (Å²) in [6.45, 7) is 4.39. The second-order valence-electron chi connectivity index (χ2n) is 12.5. The Morgan fingerprint density at radius 2 is 1.97 bits per heavy atom. The Kier molecular flexibility index (Phi) is 9.11. The average Bonchev–Trinajstić information content (AvgIpc) is 3.51. The number of rotatable bonds is 12. The molecule has 210 valence electrons. The van der Waals surface area contributed by atoms with Crippen molar-refractivity contribution in [3.63, 3.8) is 0 Å². The average molecular weight is 544 g/mol. The van der Waals surface area contributed by atoms with Crippen LogP contribution in [0.4, 0.5) is 4.39 Å². The minimum Gasteiger partial charge on any atom is -0.508 e. The number of aromatic hydroxyl groups is 1. The number of aliphatic hydroxyl groups is 1. The van der Waals surface area contributed by atoms with Gasteiger partial charge in [-0.15, -0.1) is 0 Å². The minimum absolute atomic E-state index is 0.0930. The largest absolute Gasteiger partial charge is 0.508 e. The second-order valence-corrected chi connectivity index (χ2v) is 13.6. The zero-order valence-corrected chi connectivity index (χ0v) is 24.0. The van der Waals surface area contributed by atoms with Crippen LogP contribution in [0.25, 0.3) is 0 Å². The van der Waals surface area contributed by atoms with Gasteiger partial charge in [0.05, 0.1) is 18.1 Å². The summed E-state index contributed by atoms with van der Waals surface area (Å²) >= 11 is 1.93. The number of unbranched alkanes of at least 4 members (excludes halogenated alkanes) is 2. The molecule has 2 N–H and O–H groups in total. The fourth-order valence-corrected chi connectivity index (χ4v) is 8.96. The number of aliphatic hydroxyl groups excluding tert-OH is 1. The Morgan fingerprint density at radius 1 is 1.13 bits per heavy atom. The molecule has 0 amide bonds. The normalized spacial score (nSPS) is 32.2. The highest BCUT2D eigenvalue weighted by Crippen LogP contribution is 2.63. The van der Waals surface area contributed by atoms with Gasteiger partial charge in [0.15, 0.2) is 0 Å². The number of hydrogen-bond donors (Lipinski definition) is 2. The molecule has 2 fully saturated rings. The first-order valence-electron chi connectivity index (χ1n) is 14.8. The van der Waals surface area contributed by atoms with E-state index in [0.717, 1.165) is 73.6 Å². The van der Waals surface area contributed by atoms with Gasteiger partial charge >= 0.3 is 0 Å². The van der Waals surface area contributed by atoms with Gasteiger partial charge in [-0.3, -0.25) is 0 Å². The van der Waals surface area contributed by atoms with Crippen molar-refractivity contribution in [1.29, 1.82) is 0 Å². The van der Waals surface area contributed by atoms with Crippen LogP contribution in [0.1, 0.15) is 81.1 Å². The van der Waals surface area contributed by atoms with Crippen LogP contribution in [0.15, 0.2) is 41.0 Å². The number of halogens is 1. The molecule has 0 aliphatic heterocycles. The molecule has 0 spiro atoms. The van der Waals surface area contributed by atoms with Gasteiger partial charge in [-0.2, -0.15) is 11.8 Å². The van der Waals surface area contributed by atoms with Gasteiger partial charge in [-0.1, -0.05) is 25.8 Å². The Morgan fingerprint density at radius 3 is 2.79 bits per heavy atom. The summed E-state index contributed by atoms with van der Waals surface area (Å²) in [5.74, 6) is 4.45. The minimum atomic E-state index is -0.925. The van der Waals surface area contributed by atoms with E-state index in [1.54, 1.807) is 12.3 Å². The maximum atomic E-state index is 15.9. The molecule has 3 aliphatic carbocycles. The second kappa shape index (κ2) is 12.3. The van der Waals surface area contributed by atoms with E-state index in [1.807, 2.05) is 36.0 Å². The number of hydrogen-bond acceptors (Lipinski definition) is 5. The van der Waals surface area contributed by atoms with E-state index in [2.05, 4.69) is 18.9 Å². The smallest absolute Gasteiger partial charge is 0.115 e. The van der Waals surface area contributed by atoms with Crippen LogP contribution < -0.4 is 0 Å². The topological polar surface area (TPSA) is 56.8 Å². The van der Waals surface area contributed by atoms with Crippen molar-refractivity contribution >= 4 is 11.8 Å². The molecule has 0 bridgehead atoms. The van der Waals surface area contributed by atoms with E-state index in [-0.39, 0.29) is 23.2 Å². The number of thioether (sulfide) groups is 1. The van der Waals surface area contributed by atoms with Gasteiger partial charge < -0.3 is 19.5 Å². The molecule has 7 atom stereocenters. The van der Waals surface area contributed by atoms with E-state index >= 15 is 4.39 Å². The van der Waals surface area contributed by atoms with Crippen LogP contribution in [-0.4, -0.2) is 53.3 Å². The first kappa shape index (κ1) is 28.0. The van der Waals surface area contributed by atoms with E-state index in [0.29, 0.717) is 24.2 Å². The Hall–Kier alpha value is -1.50. The highest BCUT2D eigenvalue weighted by molar-refractivity contribution is 7.98. The lowest BCUT2D eigenvalue weighted by Crippen LogP contribution is -2.51. The highest BCUT2D eigenvalue weighted by Gasteiger charge is 2.59. The molecule has 1 heterocycles. The van der Waals surface area contributed by atoms with Crippen molar-refractivity contribution in [3.8, 4) is 5.75 Å². The molecule has 2 saturated carbocycles. The number of benzene rings is 1. The zero-order chi connectivity index (χ0) is 26.7. The quantitative estimate of drug-likeness (QED) is 0.278. The molecule has 4 nitrogen and oxygen atoms in total. The third-order valence-electron chi connectivity index (χ3n) is 10.0.